The molecule has 1 aliphatic heterocycles. The fourth-order valence-corrected chi connectivity index (χ4v) is 3.45. The maximum atomic E-state index is 5.45. The summed E-state index contributed by atoms with van der Waals surface area (Å²) in [6.45, 7) is 2.08. The van der Waals surface area contributed by atoms with Crippen molar-refractivity contribution < 1.29 is 13.9 Å². The van der Waals surface area contributed by atoms with E-state index in [1.807, 2.05) is 18.2 Å². The number of nitrogens with zero attached hydrogens (tertiary/aromatic N) is 4. The van der Waals surface area contributed by atoms with Gasteiger partial charge in [0.25, 0.3) is 0 Å². The van der Waals surface area contributed by atoms with Gasteiger partial charge in [-0.1, -0.05) is 0 Å². The van der Waals surface area contributed by atoms with Gasteiger partial charge in [-0.15, -0.1) is 5.10 Å². The number of ether oxygens (including phenoxy) is 2. The van der Waals surface area contributed by atoms with Crippen LogP contribution in [-0.4, -0.2) is 53.9 Å². The first-order valence-corrected chi connectivity index (χ1v) is 9.36. The molecule has 2 aromatic heterocycles. The van der Waals surface area contributed by atoms with E-state index in [2.05, 4.69) is 36.5 Å². The van der Waals surface area contributed by atoms with Crippen molar-refractivity contribution in [2.45, 2.75) is 19.5 Å². The van der Waals surface area contributed by atoms with Crippen LogP contribution in [0.2, 0.25) is 0 Å². The second-order valence-electron chi connectivity index (χ2n) is 6.63. The Morgan fingerprint density at radius 2 is 2.07 bits per heavy atom. The van der Waals surface area contributed by atoms with E-state index in [-0.39, 0.29) is 0 Å². The first kappa shape index (κ1) is 18.9. The van der Waals surface area contributed by atoms with Gasteiger partial charge in [0.2, 0.25) is 5.82 Å². The third kappa shape index (κ3) is 3.89. The van der Waals surface area contributed by atoms with E-state index in [1.165, 1.54) is 11.1 Å². The van der Waals surface area contributed by atoms with Gasteiger partial charge in [0.15, 0.2) is 23.2 Å². The number of furan rings is 1. The first-order valence-electron chi connectivity index (χ1n) is 9.36. The summed E-state index contributed by atoms with van der Waals surface area (Å²) in [7, 11) is 5.09. The van der Waals surface area contributed by atoms with E-state index in [4.69, 9.17) is 13.9 Å². The van der Waals surface area contributed by atoms with Crippen LogP contribution in [0.25, 0.3) is 11.6 Å². The highest BCUT2D eigenvalue weighted by molar-refractivity contribution is 5.80. The Labute approximate surface area is 168 Å². The Bertz CT molecular complexity index is 996. The number of H-pyrrole nitrogens is 1. The number of guanidine groups is 1. The van der Waals surface area contributed by atoms with Gasteiger partial charge < -0.3 is 24.1 Å². The molecule has 1 aliphatic rings. The summed E-state index contributed by atoms with van der Waals surface area (Å²) in [5, 5.41) is 10.5. The molecule has 0 saturated carbocycles. The van der Waals surface area contributed by atoms with Crippen molar-refractivity contribution in [3.63, 3.8) is 0 Å². The number of benzene rings is 1. The lowest BCUT2D eigenvalue weighted by molar-refractivity contribution is 0.346. The number of rotatable bonds is 5. The van der Waals surface area contributed by atoms with Crippen molar-refractivity contribution in [3.8, 4) is 23.1 Å². The molecule has 0 atom stereocenters. The van der Waals surface area contributed by atoms with Crippen LogP contribution < -0.4 is 14.8 Å². The van der Waals surface area contributed by atoms with E-state index >= 15 is 0 Å². The van der Waals surface area contributed by atoms with Crippen LogP contribution in [0.4, 0.5) is 0 Å². The molecular weight excluding hydrogens is 372 g/mol. The molecule has 9 nitrogen and oxygen atoms in total. The second-order valence-corrected chi connectivity index (χ2v) is 6.63. The fourth-order valence-electron chi connectivity index (χ4n) is 3.45. The molecule has 0 amide bonds. The van der Waals surface area contributed by atoms with Crippen LogP contribution in [0, 0.1) is 0 Å². The summed E-state index contributed by atoms with van der Waals surface area (Å²) < 4.78 is 16.2. The summed E-state index contributed by atoms with van der Waals surface area (Å²) in [6, 6.07) is 7.74. The summed E-state index contributed by atoms with van der Waals surface area (Å²) in [6.07, 6.45) is 2.51. The molecule has 3 heterocycles. The summed E-state index contributed by atoms with van der Waals surface area (Å²) >= 11 is 0. The van der Waals surface area contributed by atoms with Gasteiger partial charge >= 0.3 is 0 Å². The number of hydrogen-bond acceptors (Lipinski definition) is 6. The molecule has 0 radical (unpaired) electrons. The molecule has 29 heavy (non-hydrogen) atoms. The maximum absolute atomic E-state index is 5.45. The molecule has 3 aromatic rings. The van der Waals surface area contributed by atoms with E-state index < -0.39 is 0 Å². The lowest BCUT2D eigenvalue weighted by Gasteiger charge is -2.32. The number of fused-ring (bicyclic) bond motifs is 1. The third-order valence-electron chi connectivity index (χ3n) is 4.92. The molecule has 9 heteroatoms. The standard InChI is InChI=1S/C20H24N6O3/c1-21-20(22-11-18-23-19(25-24-18)15-5-4-8-29-15)26-7-6-13-9-16(27-2)17(28-3)10-14(13)12-26/h4-5,8-10H,6-7,11-12H2,1-3H3,(H,21,22)(H,23,24,25). The van der Waals surface area contributed by atoms with Gasteiger partial charge in [-0.05, 0) is 41.8 Å². The highest BCUT2D eigenvalue weighted by Gasteiger charge is 2.22. The van der Waals surface area contributed by atoms with Crippen LogP contribution in [0.1, 0.15) is 17.0 Å². The first-order chi connectivity index (χ1) is 14.2. The van der Waals surface area contributed by atoms with E-state index in [9.17, 15) is 0 Å². The molecule has 1 aromatic carbocycles. The number of aliphatic imine (C=N–C) groups is 1. The quantitative estimate of drug-likeness (QED) is 0.504. The van der Waals surface area contributed by atoms with Crippen molar-refractivity contribution in [2.24, 2.45) is 4.99 Å². The van der Waals surface area contributed by atoms with Gasteiger partial charge in [-0.3, -0.25) is 10.1 Å². The number of aromatic nitrogens is 3. The molecule has 0 saturated heterocycles. The van der Waals surface area contributed by atoms with Crippen molar-refractivity contribution in [3.05, 3.63) is 47.5 Å². The molecule has 4 rings (SSSR count). The molecule has 0 spiro atoms. The van der Waals surface area contributed by atoms with E-state index in [0.29, 0.717) is 24.0 Å². The number of methoxy groups -OCH3 is 2. The normalized spacial score (nSPS) is 13.9. The molecule has 0 aliphatic carbocycles. The Kier molecular flexibility index (Phi) is 5.37. The van der Waals surface area contributed by atoms with Gasteiger partial charge in [0.1, 0.15) is 5.82 Å². The maximum Gasteiger partial charge on any atom is 0.216 e. The van der Waals surface area contributed by atoms with Gasteiger partial charge in [-0.25, -0.2) is 4.98 Å². The Morgan fingerprint density at radius 1 is 1.28 bits per heavy atom. The Balaban J connectivity index is 1.43. The molecule has 152 valence electrons. The summed E-state index contributed by atoms with van der Waals surface area (Å²) in [5.74, 6) is 4.19. The average Bonchev–Trinajstić information content (AvgIpc) is 3.45. The minimum atomic E-state index is 0.482. The average molecular weight is 396 g/mol. The zero-order valence-corrected chi connectivity index (χ0v) is 16.7. The van der Waals surface area contributed by atoms with Crippen LogP contribution >= 0.6 is 0 Å². The molecule has 0 fully saturated rings. The topological polar surface area (TPSA) is 101 Å². The molecular formula is C20H24N6O3. The van der Waals surface area contributed by atoms with Crippen LogP contribution in [-0.2, 0) is 19.5 Å². The zero-order valence-electron chi connectivity index (χ0n) is 16.7. The largest absolute Gasteiger partial charge is 0.493 e. The van der Waals surface area contributed by atoms with Gasteiger partial charge in [0, 0.05) is 20.1 Å². The predicted molar refractivity (Wildman–Crippen MR) is 108 cm³/mol. The molecule has 2 N–H and O–H groups in total. The van der Waals surface area contributed by atoms with Crippen molar-refractivity contribution >= 4 is 5.96 Å². The molecule has 0 bridgehead atoms. The fraction of sp³-hybridized carbons (Fsp3) is 0.350. The number of nitrogens with one attached hydrogen (secondary N) is 2. The zero-order chi connectivity index (χ0) is 20.2. The van der Waals surface area contributed by atoms with Crippen LogP contribution in [0.15, 0.2) is 39.9 Å². The number of hydrogen-bond donors (Lipinski definition) is 2. The number of aromatic amines is 1. The van der Waals surface area contributed by atoms with Crippen molar-refractivity contribution in [2.75, 3.05) is 27.8 Å². The molecule has 0 unspecified atom stereocenters. The monoisotopic (exact) mass is 396 g/mol. The lowest BCUT2D eigenvalue weighted by Crippen LogP contribution is -2.43. The van der Waals surface area contributed by atoms with E-state index in [1.54, 1.807) is 27.5 Å². The SMILES string of the molecule is CN=C(NCc1nc(-c2ccco2)n[nH]1)N1CCc2cc(OC)c(OC)cc2C1. The minimum Gasteiger partial charge on any atom is -0.493 e. The van der Waals surface area contributed by atoms with Crippen molar-refractivity contribution in [1.82, 2.24) is 25.4 Å². The lowest BCUT2D eigenvalue weighted by atomic mass is 9.99. The summed E-state index contributed by atoms with van der Waals surface area (Å²) in [4.78, 5) is 11.1. The Hall–Kier alpha value is -3.49. The van der Waals surface area contributed by atoms with Crippen LogP contribution in [0.5, 0.6) is 11.5 Å². The van der Waals surface area contributed by atoms with Crippen LogP contribution in [0.3, 0.4) is 0 Å². The highest BCUT2D eigenvalue weighted by atomic mass is 16.5. The minimum absolute atomic E-state index is 0.482. The van der Waals surface area contributed by atoms with Gasteiger partial charge in [-0.2, -0.15) is 0 Å². The summed E-state index contributed by atoms with van der Waals surface area (Å²) in [5.41, 5.74) is 2.48. The van der Waals surface area contributed by atoms with E-state index in [0.717, 1.165) is 37.0 Å². The smallest absolute Gasteiger partial charge is 0.216 e. The van der Waals surface area contributed by atoms with Gasteiger partial charge in [0.05, 0.1) is 27.0 Å². The third-order valence-corrected chi connectivity index (χ3v) is 4.92. The second kappa shape index (κ2) is 8.26. The Morgan fingerprint density at radius 3 is 2.76 bits per heavy atom. The highest BCUT2D eigenvalue weighted by Crippen LogP contribution is 2.33. The van der Waals surface area contributed by atoms with Crippen molar-refractivity contribution in [1.29, 1.82) is 0 Å². The predicted octanol–water partition coefficient (Wildman–Crippen LogP) is 2.22.